The summed E-state index contributed by atoms with van der Waals surface area (Å²) in [5, 5.41) is 0. The Morgan fingerprint density at radius 2 is 2.18 bits per heavy atom. The summed E-state index contributed by atoms with van der Waals surface area (Å²) >= 11 is 0. The zero-order chi connectivity index (χ0) is 12.3. The van der Waals surface area contributed by atoms with Gasteiger partial charge in [-0.3, -0.25) is 9.88 Å². The fraction of sp³-hybridized carbons (Fsp3) is 0.643. The Bertz CT molecular complexity index is 335. The fourth-order valence-electron chi connectivity index (χ4n) is 2.50. The normalized spacial score (nSPS) is 19.3. The average molecular weight is 233 g/mol. The van der Waals surface area contributed by atoms with Gasteiger partial charge in [0.1, 0.15) is 0 Å². The molecule has 1 heterocycles. The highest BCUT2D eigenvalue weighted by Gasteiger charge is 2.36. The van der Waals surface area contributed by atoms with Crippen LogP contribution in [0.3, 0.4) is 0 Å². The van der Waals surface area contributed by atoms with E-state index >= 15 is 0 Å². The molecule has 0 amide bonds. The smallest absolute Gasteiger partial charge is 0.0675 e. The first-order valence-corrected chi connectivity index (χ1v) is 6.70. The largest absolute Gasteiger partial charge is 0.326 e. The van der Waals surface area contributed by atoms with Gasteiger partial charge < -0.3 is 5.73 Å². The van der Waals surface area contributed by atoms with Crippen LogP contribution in [0.15, 0.2) is 24.4 Å². The summed E-state index contributed by atoms with van der Waals surface area (Å²) in [5.41, 5.74) is 7.43. The molecule has 1 saturated carbocycles. The van der Waals surface area contributed by atoms with Gasteiger partial charge in [-0.25, -0.2) is 0 Å². The first-order chi connectivity index (χ1) is 8.27. The molecule has 0 spiro atoms. The van der Waals surface area contributed by atoms with Gasteiger partial charge in [-0.1, -0.05) is 19.9 Å². The maximum atomic E-state index is 6.31. The average Bonchev–Trinajstić information content (AvgIpc) is 3.20. The third-order valence-corrected chi connectivity index (χ3v) is 3.61. The van der Waals surface area contributed by atoms with Gasteiger partial charge in [-0.15, -0.1) is 0 Å². The van der Waals surface area contributed by atoms with Crippen LogP contribution in [0.25, 0.3) is 0 Å². The van der Waals surface area contributed by atoms with Crippen LogP contribution in [-0.2, 0) is 0 Å². The van der Waals surface area contributed by atoms with Gasteiger partial charge >= 0.3 is 0 Å². The summed E-state index contributed by atoms with van der Waals surface area (Å²) in [6, 6.07) is 7.29. The minimum Gasteiger partial charge on any atom is -0.326 e. The van der Waals surface area contributed by atoms with Crippen LogP contribution in [0.1, 0.15) is 44.8 Å². The van der Waals surface area contributed by atoms with Gasteiger partial charge in [0.2, 0.25) is 0 Å². The van der Waals surface area contributed by atoms with Crippen LogP contribution < -0.4 is 5.73 Å². The molecule has 1 aliphatic rings. The quantitative estimate of drug-likeness (QED) is 0.820. The second kappa shape index (κ2) is 5.61. The van der Waals surface area contributed by atoms with E-state index in [9.17, 15) is 0 Å². The van der Waals surface area contributed by atoms with E-state index in [1.165, 1.54) is 12.8 Å². The van der Waals surface area contributed by atoms with Crippen LogP contribution in [0, 0.1) is 0 Å². The first kappa shape index (κ1) is 12.5. The molecule has 94 valence electrons. The Hall–Kier alpha value is -0.930. The van der Waals surface area contributed by atoms with E-state index in [0.29, 0.717) is 0 Å². The lowest BCUT2D eigenvalue weighted by Crippen LogP contribution is -2.42. The Balaban J connectivity index is 2.23. The van der Waals surface area contributed by atoms with Crippen molar-refractivity contribution in [2.24, 2.45) is 5.73 Å². The second-order valence-electron chi connectivity index (χ2n) is 4.83. The predicted molar refractivity (Wildman–Crippen MR) is 70.6 cm³/mol. The highest BCUT2D eigenvalue weighted by atomic mass is 15.2. The van der Waals surface area contributed by atoms with Crippen LogP contribution in [0.5, 0.6) is 0 Å². The van der Waals surface area contributed by atoms with Crippen molar-refractivity contribution < 1.29 is 0 Å². The molecule has 2 atom stereocenters. The predicted octanol–water partition coefficient (Wildman–Crippen LogP) is 2.34. The summed E-state index contributed by atoms with van der Waals surface area (Å²) in [6.07, 6.45) is 5.48. The topological polar surface area (TPSA) is 42.1 Å². The maximum Gasteiger partial charge on any atom is 0.0675 e. The van der Waals surface area contributed by atoms with Gasteiger partial charge in [-0.05, 0) is 37.9 Å². The van der Waals surface area contributed by atoms with Crippen molar-refractivity contribution >= 4 is 0 Å². The molecule has 3 nitrogen and oxygen atoms in total. The van der Waals surface area contributed by atoms with E-state index < -0.39 is 0 Å². The molecule has 2 rings (SSSR count). The minimum absolute atomic E-state index is 0.172. The van der Waals surface area contributed by atoms with Crippen molar-refractivity contribution in [2.75, 3.05) is 6.54 Å². The summed E-state index contributed by atoms with van der Waals surface area (Å²) in [7, 11) is 0. The maximum absolute atomic E-state index is 6.31. The molecule has 0 saturated heterocycles. The minimum atomic E-state index is 0.172. The number of nitrogens with zero attached hydrogens (tertiary/aromatic N) is 2. The lowest BCUT2D eigenvalue weighted by atomic mass is 10.0. The fourth-order valence-corrected chi connectivity index (χ4v) is 2.50. The SMILES string of the molecule is CCC(N)C(c1ccccn1)N(CC)C1CC1. The molecule has 1 fully saturated rings. The van der Waals surface area contributed by atoms with Crippen LogP contribution in [0.2, 0.25) is 0 Å². The molecular formula is C14H23N3. The molecule has 0 bridgehead atoms. The summed E-state index contributed by atoms with van der Waals surface area (Å²) in [4.78, 5) is 7.03. The van der Waals surface area contributed by atoms with Crippen molar-refractivity contribution in [1.29, 1.82) is 0 Å². The van der Waals surface area contributed by atoms with Crippen molar-refractivity contribution in [1.82, 2.24) is 9.88 Å². The first-order valence-electron chi connectivity index (χ1n) is 6.70. The highest BCUT2D eigenvalue weighted by molar-refractivity contribution is 5.13. The van der Waals surface area contributed by atoms with Crippen molar-refractivity contribution in [2.45, 2.75) is 51.2 Å². The molecule has 1 aromatic rings. The van der Waals surface area contributed by atoms with Crippen molar-refractivity contribution in [3.63, 3.8) is 0 Å². The van der Waals surface area contributed by atoms with Crippen molar-refractivity contribution in [3.8, 4) is 0 Å². The number of rotatable bonds is 6. The Morgan fingerprint density at radius 1 is 1.41 bits per heavy atom. The monoisotopic (exact) mass is 233 g/mol. The third kappa shape index (κ3) is 2.85. The molecule has 0 aromatic carbocycles. The zero-order valence-electron chi connectivity index (χ0n) is 10.8. The van der Waals surface area contributed by atoms with E-state index in [1.807, 2.05) is 12.3 Å². The zero-order valence-corrected chi connectivity index (χ0v) is 10.8. The molecular weight excluding hydrogens is 210 g/mol. The molecule has 17 heavy (non-hydrogen) atoms. The molecule has 3 heteroatoms. The lowest BCUT2D eigenvalue weighted by Gasteiger charge is -2.34. The van der Waals surface area contributed by atoms with E-state index in [4.69, 9.17) is 5.73 Å². The molecule has 1 aromatic heterocycles. The number of hydrogen-bond donors (Lipinski definition) is 1. The van der Waals surface area contributed by atoms with E-state index in [2.05, 4.69) is 35.9 Å². The number of nitrogens with two attached hydrogens (primary N) is 1. The molecule has 0 aliphatic heterocycles. The van der Waals surface area contributed by atoms with E-state index in [1.54, 1.807) is 0 Å². The molecule has 2 N–H and O–H groups in total. The summed E-state index contributed by atoms with van der Waals surface area (Å²) < 4.78 is 0. The molecule has 2 unspecified atom stereocenters. The van der Waals surface area contributed by atoms with E-state index in [-0.39, 0.29) is 12.1 Å². The number of pyridine rings is 1. The van der Waals surface area contributed by atoms with Gasteiger partial charge in [-0.2, -0.15) is 0 Å². The van der Waals surface area contributed by atoms with Crippen LogP contribution in [-0.4, -0.2) is 28.5 Å². The number of aromatic nitrogens is 1. The van der Waals surface area contributed by atoms with Crippen molar-refractivity contribution in [3.05, 3.63) is 30.1 Å². The molecule has 0 radical (unpaired) electrons. The van der Waals surface area contributed by atoms with Crippen LogP contribution >= 0.6 is 0 Å². The highest BCUT2D eigenvalue weighted by Crippen LogP contribution is 2.35. The second-order valence-corrected chi connectivity index (χ2v) is 4.83. The number of hydrogen-bond acceptors (Lipinski definition) is 3. The summed E-state index contributed by atoms with van der Waals surface area (Å²) in [5.74, 6) is 0. The Kier molecular flexibility index (Phi) is 4.13. The van der Waals surface area contributed by atoms with Gasteiger partial charge in [0.15, 0.2) is 0 Å². The Labute approximate surface area is 104 Å². The number of likely N-dealkylation sites (N-methyl/N-ethyl adjacent to an activating group) is 1. The van der Waals surface area contributed by atoms with Gasteiger partial charge in [0.05, 0.1) is 11.7 Å². The van der Waals surface area contributed by atoms with Gasteiger partial charge in [0, 0.05) is 18.3 Å². The van der Waals surface area contributed by atoms with Gasteiger partial charge in [0.25, 0.3) is 0 Å². The van der Waals surface area contributed by atoms with Crippen LogP contribution in [0.4, 0.5) is 0 Å². The summed E-state index contributed by atoms with van der Waals surface area (Å²) in [6.45, 7) is 5.43. The lowest BCUT2D eigenvalue weighted by molar-refractivity contribution is 0.164. The standard InChI is InChI=1S/C14H23N3/c1-3-12(15)14(13-7-5-6-10-16-13)17(4-2)11-8-9-11/h5-7,10-12,14H,3-4,8-9,15H2,1-2H3. The third-order valence-electron chi connectivity index (χ3n) is 3.61. The van der Waals surface area contributed by atoms with E-state index in [0.717, 1.165) is 24.7 Å². The Morgan fingerprint density at radius 3 is 2.65 bits per heavy atom. The molecule has 1 aliphatic carbocycles.